The van der Waals surface area contributed by atoms with Crippen LogP contribution in [0.1, 0.15) is 12.5 Å². The Bertz CT molecular complexity index is 333. The van der Waals surface area contributed by atoms with Crippen LogP contribution in [0, 0.1) is 0 Å². The van der Waals surface area contributed by atoms with Crippen molar-refractivity contribution in [1.29, 1.82) is 0 Å². The van der Waals surface area contributed by atoms with Gasteiger partial charge in [0.25, 0.3) is 0 Å². The molecule has 0 bridgehead atoms. The fourth-order valence-electron chi connectivity index (χ4n) is 1.22. The molecule has 1 aliphatic heterocycles. The van der Waals surface area contributed by atoms with E-state index in [0.717, 1.165) is 15.7 Å². The highest BCUT2D eigenvalue weighted by Crippen LogP contribution is 2.23. The van der Waals surface area contributed by atoms with E-state index in [9.17, 15) is 0 Å². The van der Waals surface area contributed by atoms with Gasteiger partial charge < -0.3 is 5.32 Å². The van der Waals surface area contributed by atoms with Crippen molar-refractivity contribution in [1.82, 2.24) is 0 Å². The number of aliphatic imine (C=N–C) groups is 1. The molecule has 12 heavy (non-hydrogen) atoms. The van der Waals surface area contributed by atoms with Crippen LogP contribution in [-0.4, -0.2) is 12.4 Å². The molecule has 0 spiro atoms. The maximum absolute atomic E-state index is 4.25. The van der Waals surface area contributed by atoms with Crippen LogP contribution in [0.5, 0.6) is 0 Å². The van der Waals surface area contributed by atoms with Gasteiger partial charge in [0.15, 0.2) is 0 Å². The predicted octanol–water partition coefficient (Wildman–Crippen LogP) is 2.64. The number of nitrogens with zero attached hydrogens (tertiary/aromatic N) is 1. The SMILES string of the molecule is CC1N=Cc2ccc(Br)cc2N1. The summed E-state index contributed by atoms with van der Waals surface area (Å²) in [6.07, 6.45) is 2.09. The van der Waals surface area contributed by atoms with E-state index in [0.29, 0.717) is 0 Å². The van der Waals surface area contributed by atoms with Gasteiger partial charge in [-0.1, -0.05) is 22.0 Å². The number of fused-ring (bicyclic) bond motifs is 1. The molecular formula is C9H9BrN2. The van der Waals surface area contributed by atoms with Crippen molar-refractivity contribution in [2.75, 3.05) is 5.32 Å². The van der Waals surface area contributed by atoms with Gasteiger partial charge in [0.1, 0.15) is 6.17 Å². The van der Waals surface area contributed by atoms with Crippen LogP contribution >= 0.6 is 15.9 Å². The molecule has 1 aromatic rings. The van der Waals surface area contributed by atoms with Crippen molar-refractivity contribution in [2.24, 2.45) is 4.99 Å². The summed E-state index contributed by atoms with van der Waals surface area (Å²) in [7, 11) is 0. The first-order valence-corrected chi connectivity index (χ1v) is 4.64. The van der Waals surface area contributed by atoms with Crippen molar-refractivity contribution < 1.29 is 0 Å². The number of rotatable bonds is 0. The number of benzene rings is 1. The minimum Gasteiger partial charge on any atom is -0.363 e. The Morgan fingerprint density at radius 3 is 3.17 bits per heavy atom. The van der Waals surface area contributed by atoms with Gasteiger partial charge in [-0.3, -0.25) is 4.99 Å². The normalized spacial score (nSPS) is 20.0. The summed E-state index contributed by atoms with van der Waals surface area (Å²) in [6, 6.07) is 6.13. The molecule has 0 aromatic heterocycles. The van der Waals surface area contributed by atoms with Gasteiger partial charge in [-0.2, -0.15) is 0 Å². The average Bonchev–Trinajstić information content (AvgIpc) is 2.03. The minimum atomic E-state index is 0.187. The van der Waals surface area contributed by atoms with Gasteiger partial charge in [-0.05, 0) is 19.1 Å². The van der Waals surface area contributed by atoms with Gasteiger partial charge in [-0.15, -0.1) is 0 Å². The van der Waals surface area contributed by atoms with Crippen LogP contribution in [0.2, 0.25) is 0 Å². The molecule has 2 rings (SSSR count). The molecule has 0 saturated heterocycles. The Hall–Kier alpha value is -0.830. The molecule has 62 valence electrons. The summed E-state index contributed by atoms with van der Waals surface area (Å²) in [4.78, 5) is 4.25. The predicted molar refractivity (Wildman–Crippen MR) is 54.8 cm³/mol. The van der Waals surface area contributed by atoms with Crippen molar-refractivity contribution in [3.8, 4) is 0 Å². The molecule has 1 atom stereocenters. The van der Waals surface area contributed by atoms with Crippen molar-refractivity contribution in [3.05, 3.63) is 28.2 Å². The van der Waals surface area contributed by atoms with Crippen molar-refractivity contribution >= 4 is 27.8 Å². The lowest BCUT2D eigenvalue weighted by Gasteiger charge is -2.18. The average molecular weight is 225 g/mol. The van der Waals surface area contributed by atoms with Gasteiger partial charge in [0, 0.05) is 21.9 Å². The van der Waals surface area contributed by atoms with E-state index < -0.39 is 0 Å². The topological polar surface area (TPSA) is 24.4 Å². The quantitative estimate of drug-likeness (QED) is 0.721. The lowest BCUT2D eigenvalue weighted by atomic mass is 10.1. The molecule has 0 saturated carbocycles. The first kappa shape index (κ1) is 7.80. The molecular weight excluding hydrogens is 216 g/mol. The zero-order valence-electron chi connectivity index (χ0n) is 6.71. The summed E-state index contributed by atoms with van der Waals surface area (Å²) in [5.41, 5.74) is 2.29. The van der Waals surface area contributed by atoms with Gasteiger partial charge in [0.05, 0.1) is 0 Å². The highest BCUT2D eigenvalue weighted by Gasteiger charge is 2.08. The molecule has 1 heterocycles. The number of anilines is 1. The highest BCUT2D eigenvalue weighted by molar-refractivity contribution is 9.10. The van der Waals surface area contributed by atoms with E-state index in [-0.39, 0.29) is 6.17 Å². The lowest BCUT2D eigenvalue weighted by Crippen LogP contribution is -2.17. The third-order valence-corrected chi connectivity index (χ3v) is 2.31. The van der Waals surface area contributed by atoms with Crippen molar-refractivity contribution in [3.63, 3.8) is 0 Å². The second-order valence-electron chi connectivity index (χ2n) is 2.83. The smallest absolute Gasteiger partial charge is 0.115 e. The highest BCUT2D eigenvalue weighted by atomic mass is 79.9. The second kappa shape index (κ2) is 2.90. The molecule has 0 aliphatic carbocycles. The largest absolute Gasteiger partial charge is 0.363 e. The summed E-state index contributed by atoms with van der Waals surface area (Å²) >= 11 is 3.43. The van der Waals surface area contributed by atoms with Gasteiger partial charge >= 0.3 is 0 Å². The fraction of sp³-hybridized carbons (Fsp3) is 0.222. The minimum absolute atomic E-state index is 0.187. The molecule has 0 radical (unpaired) electrons. The van der Waals surface area contributed by atoms with Crippen LogP contribution in [-0.2, 0) is 0 Å². The Balaban J connectivity index is 2.47. The fourth-order valence-corrected chi connectivity index (χ4v) is 1.58. The van der Waals surface area contributed by atoms with E-state index in [4.69, 9.17) is 0 Å². The summed E-state index contributed by atoms with van der Waals surface area (Å²) in [5.74, 6) is 0. The molecule has 2 nitrogen and oxygen atoms in total. The van der Waals surface area contributed by atoms with Crippen LogP contribution in [0.4, 0.5) is 5.69 Å². The summed E-state index contributed by atoms with van der Waals surface area (Å²) in [5, 5.41) is 3.27. The molecule has 0 fully saturated rings. The number of nitrogens with one attached hydrogen (secondary N) is 1. The van der Waals surface area contributed by atoms with Crippen molar-refractivity contribution in [2.45, 2.75) is 13.1 Å². The second-order valence-corrected chi connectivity index (χ2v) is 3.75. The standard InChI is InChI=1S/C9H9BrN2/c1-6-11-5-7-2-3-8(10)4-9(7)12-6/h2-6,12H,1H3. The van der Waals surface area contributed by atoms with E-state index in [1.54, 1.807) is 0 Å². The Kier molecular flexibility index (Phi) is 1.89. The Morgan fingerprint density at radius 1 is 1.50 bits per heavy atom. The number of hydrogen-bond donors (Lipinski definition) is 1. The zero-order valence-corrected chi connectivity index (χ0v) is 8.30. The van der Waals surface area contributed by atoms with Gasteiger partial charge in [-0.25, -0.2) is 0 Å². The number of hydrogen-bond acceptors (Lipinski definition) is 2. The van der Waals surface area contributed by atoms with Gasteiger partial charge in [0.2, 0.25) is 0 Å². The first-order valence-electron chi connectivity index (χ1n) is 3.85. The lowest BCUT2D eigenvalue weighted by molar-refractivity contribution is 0.849. The third-order valence-electron chi connectivity index (χ3n) is 1.82. The molecule has 1 aromatic carbocycles. The van der Waals surface area contributed by atoms with Crippen LogP contribution in [0.15, 0.2) is 27.7 Å². The van der Waals surface area contributed by atoms with E-state index in [1.807, 2.05) is 25.3 Å². The molecule has 1 aliphatic rings. The monoisotopic (exact) mass is 224 g/mol. The van der Waals surface area contributed by atoms with E-state index in [2.05, 4.69) is 32.3 Å². The third kappa shape index (κ3) is 1.37. The van der Waals surface area contributed by atoms with E-state index >= 15 is 0 Å². The maximum Gasteiger partial charge on any atom is 0.115 e. The molecule has 1 N–H and O–H groups in total. The van der Waals surface area contributed by atoms with Crippen LogP contribution in [0.3, 0.4) is 0 Å². The van der Waals surface area contributed by atoms with Crippen LogP contribution < -0.4 is 5.32 Å². The zero-order chi connectivity index (χ0) is 8.55. The Labute approximate surface area is 79.8 Å². The summed E-state index contributed by atoms with van der Waals surface area (Å²) in [6.45, 7) is 2.03. The molecule has 0 amide bonds. The van der Waals surface area contributed by atoms with E-state index in [1.165, 1.54) is 0 Å². The maximum atomic E-state index is 4.25. The molecule has 1 unspecified atom stereocenters. The molecule has 3 heteroatoms. The summed E-state index contributed by atoms with van der Waals surface area (Å²) < 4.78 is 1.09. The first-order chi connectivity index (χ1) is 5.75. The van der Waals surface area contributed by atoms with Crippen LogP contribution in [0.25, 0.3) is 0 Å². The Morgan fingerprint density at radius 2 is 2.33 bits per heavy atom. The number of halogens is 1.